The van der Waals surface area contributed by atoms with Crippen molar-refractivity contribution in [3.05, 3.63) is 87.9 Å². The van der Waals surface area contributed by atoms with Crippen LogP contribution in [0.15, 0.2) is 54.6 Å². The largest absolute Gasteiger partial charge is 0.489 e. The number of carboxylic acid groups (broad SMARTS) is 1. The molecule has 0 spiro atoms. The van der Waals surface area contributed by atoms with Gasteiger partial charge in [0.05, 0.1) is 22.3 Å². The standard InChI is InChI=1S/C25H22ClF2NO4/c26-19-8-9-20(27)23(24(19)28)21(30)13-29-12-18-7-5-17-11-16(6-10-22(17)33-18)14-1-3-15(4-2-14)25(31)32/h1-4,6,8-11,18,21,29-30H,5,7,12-13H2,(H,31,32)/t18-,21?/m1/s1. The van der Waals surface area contributed by atoms with Gasteiger partial charge in [0.1, 0.15) is 17.7 Å². The predicted molar refractivity (Wildman–Crippen MR) is 121 cm³/mol. The maximum absolute atomic E-state index is 14.1. The van der Waals surface area contributed by atoms with E-state index in [-0.39, 0.29) is 23.2 Å². The van der Waals surface area contributed by atoms with Crippen LogP contribution in [0, 0.1) is 11.6 Å². The summed E-state index contributed by atoms with van der Waals surface area (Å²) < 4.78 is 34.0. The lowest BCUT2D eigenvalue weighted by Crippen LogP contribution is -2.36. The van der Waals surface area contributed by atoms with E-state index in [9.17, 15) is 18.7 Å². The first-order valence-electron chi connectivity index (χ1n) is 10.5. The first-order valence-corrected chi connectivity index (χ1v) is 10.9. The van der Waals surface area contributed by atoms with Crippen LogP contribution in [0.25, 0.3) is 11.1 Å². The van der Waals surface area contributed by atoms with Crippen molar-refractivity contribution in [3.8, 4) is 16.9 Å². The Morgan fingerprint density at radius 3 is 2.58 bits per heavy atom. The van der Waals surface area contributed by atoms with E-state index in [1.54, 1.807) is 24.3 Å². The van der Waals surface area contributed by atoms with Gasteiger partial charge in [0.2, 0.25) is 0 Å². The molecule has 4 rings (SSSR count). The highest BCUT2D eigenvalue weighted by atomic mass is 35.5. The summed E-state index contributed by atoms with van der Waals surface area (Å²) in [7, 11) is 0. The van der Waals surface area contributed by atoms with Crippen LogP contribution >= 0.6 is 11.6 Å². The van der Waals surface area contributed by atoms with Gasteiger partial charge < -0.3 is 20.3 Å². The molecule has 1 aliphatic heterocycles. The predicted octanol–water partition coefficient (Wildman–Crippen LogP) is 5.00. The number of fused-ring (bicyclic) bond motifs is 1. The van der Waals surface area contributed by atoms with Crippen molar-refractivity contribution in [1.82, 2.24) is 5.32 Å². The summed E-state index contributed by atoms with van der Waals surface area (Å²) in [5.41, 5.74) is 2.73. The Bertz CT molecular complexity index is 1170. The van der Waals surface area contributed by atoms with Gasteiger partial charge in [-0.05, 0) is 65.9 Å². The molecule has 172 valence electrons. The zero-order chi connectivity index (χ0) is 23.5. The lowest BCUT2D eigenvalue weighted by molar-refractivity contribution is 0.0697. The molecule has 1 heterocycles. The summed E-state index contributed by atoms with van der Waals surface area (Å²) in [5, 5.41) is 22.0. The second-order valence-electron chi connectivity index (χ2n) is 7.91. The van der Waals surface area contributed by atoms with Crippen LogP contribution in [-0.4, -0.2) is 35.4 Å². The highest BCUT2D eigenvalue weighted by Crippen LogP contribution is 2.32. The first-order chi connectivity index (χ1) is 15.8. The van der Waals surface area contributed by atoms with E-state index in [0.717, 1.165) is 47.4 Å². The van der Waals surface area contributed by atoms with Gasteiger partial charge >= 0.3 is 5.97 Å². The Balaban J connectivity index is 1.35. The summed E-state index contributed by atoms with van der Waals surface area (Å²) in [5.74, 6) is -2.01. The van der Waals surface area contributed by atoms with Gasteiger partial charge in [-0.3, -0.25) is 0 Å². The fourth-order valence-electron chi connectivity index (χ4n) is 3.90. The van der Waals surface area contributed by atoms with Crippen molar-refractivity contribution < 1.29 is 28.5 Å². The molecule has 0 amide bonds. The zero-order valence-corrected chi connectivity index (χ0v) is 18.3. The average Bonchev–Trinajstić information content (AvgIpc) is 2.81. The van der Waals surface area contributed by atoms with E-state index in [2.05, 4.69) is 5.32 Å². The molecule has 0 saturated heterocycles. The molecule has 0 fully saturated rings. The fraction of sp³-hybridized carbons (Fsp3) is 0.240. The molecule has 0 aromatic heterocycles. The number of hydrogen-bond acceptors (Lipinski definition) is 4. The fourth-order valence-corrected chi connectivity index (χ4v) is 4.07. The topological polar surface area (TPSA) is 78.8 Å². The summed E-state index contributed by atoms with van der Waals surface area (Å²) in [4.78, 5) is 11.0. The zero-order valence-electron chi connectivity index (χ0n) is 17.5. The summed E-state index contributed by atoms with van der Waals surface area (Å²) >= 11 is 5.69. The molecule has 1 unspecified atom stereocenters. The Labute approximate surface area is 194 Å². The summed E-state index contributed by atoms with van der Waals surface area (Å²) in [6.45, 7) is 0.352. The Hall–Kier alpha value is -3.00. The lowest BCUT2D eigenvalue weighted by Gasteiger charge is -2.27. The highest BCUT2D eigenvalue weighted by molar-refractivity contribution is 6.30. The minimum absolute atomic E-state index is 0.0494. The van der Waals surface area contributed by atoms with E-state index >= 15 is 0 Å². The number of aliphatic hydroxyl groups excluding tert-OH is 1. The second kappa shape index (κ2) is 9.87. The SMILES string of the molecule is O=C(O)c1ccc(-c2ccc3c(c2)CC[C@H](CNCC(O)c2c(F)ccc(Cl)c2F)O3)cc1. The molecular formula is C25H22ClF2NO4. The Morgan fingerprint density at radius 1 is 1.12 bits per heavy atom. The molecular weight excluding hydrogens is 452 g/mol. The minimum atomic E-state index is -1.38. The molecule has 3 N–H and O–H groups in total. The van der Waals surface area contributed by atoms with Crippen LogP contribution in [-0.2, 0) is 6.42 Å². The third-order valence-electron chi connectivity index (χ3n) is 5.68. The van der Waals surface area contributed by atoms with Gasteiger partial charge in [-0.1, -0.05) is 29.8 Å². The van der Waals surface area contributed by atoms with E-state index in [0.29, 0.717) is 6.54 Å². The molecule has 3 aromatic rings. The number of carbonyl (C=O) groups is 1. The van der Waals surface area contributed by atoms with Gasteiger partial charge in [0, 0.05) is 13.1 Å². The van der Waals surface area contributed by atoms with Crippen LogP contribution in [0.2, 0.25) is 5.02 Å². The van der Waals surface area contributed by atoms with Gasteiger partial charge in [-0.15, -0.1) is 0 Å². The molecule has 33 heavy (non-hydrogen) atoms. The molecule has 1 aliphatic rings. The molecule has 0 radical (unpaired) electrons. The van der Waals surface area contributed by atoms with Crippen LogP contribution in [0.5, 0.6) is 5.75 Å². The number of aryl methyl sites for hydroxylation is 1. The molecule has 0 bridgehead atoms. The number of hydrogen-bond donors (Lipinski definition) is 3. The summed E-state index contributed by atoms with van der Waals surface area (Å²) in [6, 6.07) is 14.7. The number of halogens is 3. The molecule has 5 nitrogen and oxygen atoms in total. The molecule has 2 atom stereocenters. The van der Waals surface area contributed by atoms with E-state index in [1.165, 1.54) is 0 Å². The number of rotatable bonds is 7. The maximum Gasteiger partial charge on any atom is 0.335 e. The number of benzene rings is 3. The van der Waals surface area contributed by atoms with Crippen LogP contribution < -0.4 is 10.1 Å². The molecule has 0 aliphatic carbocycles. The Kier molecular flexibility index (Phi) is 6.93. The van der Waals surface area contributed by atoms with Gasteiger partial charge in [-0.2, -0.15) is 0 Å². The van der Waals surface area contributed by atoms with E-state index in [1.807, 2.05) is 18.2 Å². The third kappa shape index (κ3) is 5.16. The lowest BCUT2D eigenvalue weighted by atomic mass is 9.96. The van der Waals surface area contributed by atoms with Crippen LogP contribution in [0.1, 0.15) is 34.0 Å². The number of nitrogens with one attached hydrogen (secondary N) is 1. The highest BCUT2D eigenvalue weighted by Gasteiger charge is 2.23. The first kappa shape index (κ1) is 23.2. The van der Waals surface area contributed by atoms with Gasteiger partial charge in [0.15, 0.2) is 5.82 Å². The second-order valence-corrected chi connectivity index (χ2v) is 8.32. The number of aromatic carboxylic acids is 1. The van der Waals surface area contributed by atoms with Crippen molar-refractivity contribution in [2.24, 2.45) is 0 Å². The van der Waals surface area contributed by atoms with Crippen molar-refractivity contribution in [1.29, 1.82) is 0 Å². The third-order valence-corrected chi connectivity index (χ3v) is 5.97. The normalized spacial score (nSPS) is 16.1. The van der Waals surface area contributed by atoms with Crippen molar-refractivity contribution in [2.45, 2.75) is 25.0 Å². The van der Waals surface area contributed by atoms with Crippen molar-refractivity contribution >= 4 is 17.6 Å². The molecule has 8 heteroatoms. The maximum atomic E-state index is 14.1. The van der Waals surface area contributed by atoms with Gasteiger partial charge in [0.25, 0.3) is 0 Å². The monoisotopic (exact) mass is 473 g/mol. The van der Waals surface area contributed by atoms with E-state index < -0.39 is 29.3 Å². The van der Waals surface area contributed by atoms with Crippen LogP contribution in [0.3, 0.4) is 0 Å². The molecule has 3 aromatic carbocycles. The number of ether oxygens (including phenoxy) is 1. The van der Waals surface area contributed by atoms with Crippen molar-refractivity contribution in [3.63, 3.8) is 0 Å². The quantitative estimate of drug-likeness (QED) is 0.421. The molecule has 0 saturated carbocycles. The number of aliphatic hydroxyl groups is 1. The smallest absolute Gasteiger partial charge is 0.335 e. The average molecular weight is 474 g/mol. The van der Waals surface area contributed by atoms with Crippen molar-refractivity contribution in [2.75, 3.05) is 13.1 Å². The minimum Gasteiger partial charge on any atom is -0.489 e. The van der Waals surface area contributed by atoms with Crippen LogP contribution in [0.4, 0.5) is 8.78 Å². The van der Waals surface area contributed by atoms with Gasteiger partial charge in [-0.25, -0.2) is 13.6 Å². The Morgan fingerprint density at radius 2 is 1.85 bits per heavy atom. The van der Waals surface area contributed by atoms with E-state index in [4.69, 9.17) is 21.4 Å². The number of carboxylic acids is 1. The summed E-state index contributed by atoms with van der Waals surface area (Å²) in [6.07, 6.45) is -0.0191.